The topological polar surface area (TPSA) is 61.4 Å². The van der Waals surface area contributed by atoms with Crippen molar-refractivity contribution in [3.05, 3.63) is 41.5 Å². The molecule has 1 aliphatic heterocycles. The van der Waals surface area contributed by atoms with Crippen LogP contribution in [0.4, 0.5) is 14.3 Å². The van der Waals surface area contributed by atoms with Crippen LogP contribution in [0, 0.1) is 5.82 Å². The quantitative estimate of drug-likeness (QED) is 0.768. The fourth-order valence-corrected chi connectivity index (χ4v) is 3.86. The summed E-state index contributed by atoms with van der Waals surface area (Å²) >= 11 is 1.38. The molecule has 6 nitrogen and oxygen atoms in total. The maximum atomic E-state index is 13.0. The summed E-state index contributed by atoms with van der Waals surface area (Å²) in [4.78, 5) is 21.0. The fraction of sp³-hybridized carbons (Fsp3) is 0.526. The Hall–Kier alpha value is -2.22. The van der Waals surface area contributed by atoms with E-state index in [1.807, 2.05) is 4.90 Å². The molecule has 1 aromatic carbocycles. The van der Waals surface area contributed by atoms with Crippen molar-refractivity contribution < 1.29 is 9.18 Å². The monoisotopic (exact) mass is 391 g/mol. The van der Waals surface area contributed by atoms with Crippen molar-refractivity contribution in [2.75, 3.05) is 31.1 Å². The maximum Gasteiger partial charge on any atom is 0.317 e. The summed E-state index contributed by atoms with van der Waals surface area (Å²) in [7, 11) is 0. The summed E-state index contributed by atoms with van der Waals surface area (Å²) in [5.74, 6) is 0.505. The van der Waals surface area contributed by atoms with Gasteiger partial charge in [-0.05, 0) is 31.0 Å². The third kappa shape index (κ3) is 5.15. The van der Waals surface area contributed by atoms with Crippen LogP contribution < -0.4 is 10.2 Å². The number of aromatic nitrogens is 2. The second-order valence-electron chi connectivity index (χ2n) is 6.87. The van der Waals surface area contributed by atoms with Crippen molar-refractivity contribution in [1.82, 2.24) is 19.6 Å². The highest BCUT2D eigenvalue weighted by atomic mass is 32.1. The number of halogens is 1. The molecule has 1 aliphatic rings. The standard InChI is InChI=1S/C19H26FN5OS/c1-3-4-9-21-18(26)25-11-10-24(13-14(25)2)19-22-17(23-27-19)12-15-5-7-16(20)8-6-15/h5-8,14H,3-4,9-13H2,1-2H3,(H,21,26). The minimum absolute atomic E-state index is 0.0184. The van der Waals surface area contributed by atoms with Crippen molar-refractivity contribution in [2.24, 2.45) is 0 Å². The van der Waals surface area contributed by atoms with Gasteiger partial charge in [-0.1, -0.05) is 25.5 Å². The number of amides is 2. The summed E-state index contributed by atoms with van der Waals surface area (Å²) < 4.78 is 17.5. The lowest BCUT2D eigenvalue weighted by molar-refractivity contribution is 0.171. The van der Waals surface area contributed by atoms with Crippen LogP contribution in [-0.2, 0) is 6.42 Å². The molecule has 0 saturated carbocycles. The highest BCUT2D eigenvalue weighted by molar-refractivity contribution is 7.09. The van der Waals surface area contributed by atoms with Gasteiger partial charge in [-0.15, -0.1) is 0 Å². The Kier molecular flexibility index (Phi) is 6.60. The molecule has 27 heavy (non-hydrogen) atoms. The maximum absolute atomic E-state index is 13.0. The first kappa shape index (κ1) is 19.5. The summed E-state index contributed by atoms with van der Waals surface area (Å²) in [6.45, 7) is 7.06. The number of piperazine rings is 1. The molecule has 2 aromatic rings. The van der Waals surface area contributed by atoms with Gasteiger partial charge in [-0.3, -0.25) is 0 Å². The molecule has 3 rings (SSSR count). The van der Waals surface area contributed by atoms with E-state index in [-0.39, 0.29) is 17.9 Å². The second kappa shape index (κ2) is 9.12. The van der Waals surface area contributed by atoms with E-state index in [1.54, 1.807) is 12.1 Å². The van der Waals surface area contributed by atoms with Crippen LogP contribution in [0.2, 0.25) is 0 Å². The van der Waals surface area contributed by atoms with Crippen LogP contribution in [0.25, 0.3) is 0 Å². The Labute approximate surface area is 163 Å². The Bertz CT molecular complexity index is 751. The van der Waals surface area contributed by atoms with Crippen molar-refractivity contribution in [2.45, 2.75) is 39.2 Å². The summed E-state index contributed by atoms with van der Waals surface area (Å²) in [6, 6.07) is 6.56. The number of benzene rings is 1. The SMILES string of the molecule is CCCCNC(=O)N1CCN(c2nc(Cc3ccc(F)cc3)ns2)CC1C. The van der Waals surface area contributed by atoms with Crippen LogP contribution in [0.3, 0.4) is 0 Å². The molecule has 146 valence electrons. The van der Waals surface area contributed by atoms with Gasteiger partial charge in [0.1, 0.15) is 11.6 Å². The minimum Gasteiger partial charge on any atom is -0.343 e. The summed E-state index contributed by atoms with van der Waals surface area (Å²) in [6.07, 6.45) is 2.66. The molecule has 1 atom stereocenters. The number of nitrogens with zero attached hydrogens (tertiary/aromatic N) is 4. The Balaban J connectivity index is 1.55. The molecule has 8 heteroatoms. The van der Waals surface area contributed by atoms with Crippen LogP contribution >= 0.6 is 11.5 Å². The molecule has 2 heterocycles. The molecule has 0 aliphatic carbocycles. The highest BCUT2D eigenvalue weighted by Crippen LogP contribution is 2.22. The van der Waals surface area contributed by atoms with Gasteiger partial charge in [0.25, 0.3) is 0 Å². The molecule has 1 saturated heterocycles. The number of nitrogens with one attached hydrogen (secondary N) is 1. The largest absolute Gasteiger partial charge is 0.343 e. The van der Waals surface area contributed by atoms with Crippen LogP contribution in [-0.4, -0.2) is 52.5 Å². The number of hydrogen-bond acceptors (Lipinski definition) is 5. The van der Waals surface area contributed by atoms with Crippen LogP contribution in [0.5, 0.6) is 0 Å². The summed E-state index contributed by atoms with van der Waals surface area (Å²) in [5, 5.41) is 3.87. The fourth-order valence-electron chi connectivity index (χ4n) is 3.14. The van der Waals surface area contributed by atoms with E-state index in [9.17, 15) is 9.18 Å². The molecule has 0 spiro atoms. The minimum atomic E-state index is -0.240. The molecule has 0 bridgehead atoms. The van der Waals surface area contributed by atoms with Gasteiger partial charge in [0, 0.05) is 50.2 Å². The molecule has 1 aromatic heterocycles. The average Bonchev–Trinajstić information content (AvgIpc) is 3.12. The van der Waals surface area contributed by atoms with Gasteiger partial charge in [-0.2, -0.15) is 4.37 Å². The van der Waals surface area contributed by atoms with E-state index < -0.39 is 0 Å². The number of urea groups is 1. The molecule has 2 amide bonds. The predicted molar refractivity (Wildman–Crippen MR) is 106 cm³/mol. The first-order valence-electron chi connectivity index (χ1n) is 9.43. The smallest absolute Gasteiger partial charge is 0.317 e. The normalized spacial score (nSPS) is 17.2. The van der Waals surface area contributed by atoms with E-state index in [0.29, 0.717) is 13.0 Å². The number of unbranched alkanes of at least 4 members (excludes halogenated alkanes) is 1. The molecular formula is C19H26FN5OS. The Morgan fingerprint density at radius 2 is 2.11 bits per heavy atom. The molecule has 1 unspecified atom stereocenters. The van der Waals surface area contributed by atoms with E-state index in [2.05, 4.69) is 33.4 Å². The average molecular weight is 392 g/mol. The van der Waals surface area contributed by atoms with Crippen molar-refractivity contribution in [3.8, 4) is 0 Å². The van der Waals surface area contributed by atoms with Crippen molar-refractivity contribution >= 4 is 22.7 Å². The first-order valence-corrected chi connectivity index (χ1v) is 10.2. The lowest BCUT2D eigenvalue weighted by Crippen LogP contribution is -2.56. The molecule has 0 radical (unpaired) electrons. The number of anilines is 1. The van der Waals surface area contributed by atoms with E-state index in [1.165, 1.54) is 23.7 Å². The lowest BCUT2D eigenvalue weighted by Gasteiger charge is -2.39. The summed E-state index contributed by atoms with van der Waals surface area (Å²) in [5.41, 5.74) is 0.989. The highest BCUT2D eigenvalue weighted by Gasteiger charge is 2.28. The Morgan fingerprint density at radius 3 is 2.81 bits per heavy atom. The number of hydrogen-bond donors (Lipinski definition) is 1. The van der Waals surface area contributed by atoms with E-state index in [0.717, 1.165) is 49.0 Å². The lowest BCUT2D eigenvalue weighted by atomic mass is 10.1. The second-order valence-corrected chi connectivity index (χ2v) is 7.60. The zero-order valence-corrected chi connectivity index (χ0v) is 16.6. The number of carbonyl (C=O) groups is 1. The third-order valence-corrected chi connectivity index (χ3v) is 5.51. The molecular weight excluding hydrogens is 365 g/mol. The van der Waals surface area contributed by atoms with Gasteiger partial charge < -0.3 is 15.1 Å². The van der Waals surface area contributed by atoms with Gasteiger partial charge in [0.15, 0.2) is 0 Å². The van der Waals surface area contributed by atoms with Gasteiger partial charge >= 0.3 is 6.03 Å². The van der Waals surface area contributed by atoms with E-state index >= 15 is 0 Å². The number of rotatable bonds is 6. The van der Waals surface area contributed by atoms with Crippen molar-refractivity contribution in [1.29, 1.82) is 0 Å². The zero-order valence-electron chi connectivity index (χ0n) is 15.8. The van der Waals surface area contributed by atoms with Gasteiger partial charge in [0.05, 0.1) is 0 Å². The van der Waals surface area contributed by atoms with Crippen LogP contribution in [0.15, 0.2) is 24.3 Å². The van der Waals surface area contributed by atoms with Gasteiger partial charge in [-0.25, -0.2) is 14.2 Å². The molecule has 1 N–H and O–H groups in total. The third-order valence-electron chi connectivity index (χ3n) is 4.70. The molecule has 1 fully saturated rings. The first-order chi connectivity index (χ1) is 13.1. The van der Waals surface area contributed by atoms with Crippen molar-refractivity contribution in [3.63, 3.8) is 0 Å². The Morgan fingerprint density at radius 1 is 1.33 bits per heavy atom. The number of carbonyl (C=O) groups excluding carboxylic acids is 1. The van der Waals surface area contributed by atoms with Crippen LogP contribution in [0.1, 0.15) is 38.1 Å². The predicted octanol–water partition coefficient (Wildman–Crippen LogP) is 3.29. The van der Waals surface area contributed by atoms with E-state index in [4.69, 9.17) is 0 Å². The van der Waals surface area contributed by atoms with Gasteiger partial charge in [0.2, 0.25) is 5.13 Å². The zero-order chi connectivity index (χ0) is 19.2.